The van der Waals surface area contributed by atoms with Crippen LogP contribution in [-0.4, -0.2) is 96.7 Å². The molecule has 0 aliphatic heterocycles. The van der Waals surface area contributed by atoms with Gasteiger partial charge in [0, 0.05) is 19.3 Å². The number of carbonyl (C=O) groups is 4. The van der Waals surface area contributed by atoms with Gasteiger partial charge < -0.3 is 33.8 Å². The molecule has 0 heterocycles. The number of allylic oxidation sites excluding steroid dienone is 11. The first-order valence-corrected chi connectivity index (χ1v) is 41.2. The fourth-order valence-corrected chi connectivity index (χ4v) is 12.0. The summed E-state index contributed by atoms with van der Waals surface area (Å²) in [5.41, 5.74) is 0. The summed E-state index contributed by atoms with van der Waals surface area (Å²) in [5.74, 6) is -2.30. The molecule has 3 N–H and O–H groups in total. The standard InChI is InChI=1S/C77H138O17P2/c1-5-9-13-17-21-25-29-32-35-38-42-45-49-53-57-61-74(79)87-67-72(93-76(81)63-59-55-51-47-41-28-24-20-16-12-8-4)69-91-95(83,84)89-65-71(78)66-90-96(85,86)92-70-73(94-77(82)64-60-56-52-48-44-40-37-34-31-27-23-19-15-11-7-3)68-88-75(80)62-58-54-50-46-43-39-36-33-30-26-22-18-14-10-6-2/h10,14,20,22,24,26,33,36,43,46,54,58,71-73,78H,5-9,11-13,15-19,21,23,25,27-32,34-35,37-42,44-45,47-53,55-57,59-70H2,1-4H3,(H,83,84)(H,85,86)/b14-10-,24-20-,26-22-,36-33-,46-43-,58-54-. The molecule has 0 aromatic carbocycles. The number of phosphoric acid groups is 2. The predicted octanol–water partition coefficient (Wildman–Crippen LogP) is 21.7. The quantitative estimate of drug-likeness (QED) is 0.0169. The van der Waals surface area contributed by atoms with Gasteiger partial charge in [-0.3, -0.25) is 37.3 Å². The van der Waals surface area contributed by atoms with Gasteiger partial charge in [-0.25, -0.2) is 9.13 Å². The number of aliphatic hydroxyl groups excluding tert-OH is 1. The van der Waals surface area contributed by atoms with Crippen LogP contribution in [0, 0.1) is 0 Å². The van der Waals surface area contributed by atoms with E-state index < -0.39 is 97.5 Å². The summed E-state index contributed by atoms with van der Waals surface area (Å²) in [4.78, 5) is 72.7. The van der Waals surface area contributed by atoms with Crippen molar-refractivity contribution in [3.63, 3.8) is 0 Å². The van der Waals surface area contributed by atoms with Crippen molar-refractivity contribution >= 4 is 39.5 Å². The minimum atomic E-state index is -4.99. The molecular formula is C77H138O17P2. The number of esters is 4. The van der Waals surface area contributed by atoms with E-state index in [9.17, 15) is 43.2 Å². The predicted molar refractivity (Wildman–Crippen MR) is 390 cm³/mol. The van der Waals surface area contributed by atoms with Gasteiger partial charge in [0.05, 0.1) is 32.8 Å². The van der Waals surface area contributed by atoms with Crippen LogP contribution in [0.3, 0.4) is 0 Å². The van der Waals surface area contributed by atoms with E-state index in [4.69, 9.17) is 37.0 Å². The summed E-state index contributed by atoms with van der Waals surface area (Å²) in [7, 11) is -9.96. The average molecular weight is 1400 g/mol. The molecule has 0 bridgehead atoms. The number of hydrogen-bond donors (Lipinski definition) is 3. The smallest absolute Gasteiger partial charge is 0.462 e. The molecule has 0 aromatic heterocycles. The maximum absolute atomic E-state index is 13.1. The highest BCUT2D eigenvalue weighted by Gasteiger charge is 2.30. The van der Waals surface area contributed by atoms with Crippen molar-refractivity contribution in [1.82, 2.24) is 0 Å². The summed E-state index contributed by atoms with van der Waals surface area (Å²) in [6.07, 6.45) is 69.3. The molecule has 0 amide bonds. The molecule has 0 radical (unpaired) electrons. The van der Waals surface area contributed by atoms with E-state index in [1.807, 2.05) is 18.2 Å². The van der Waals surface area contributed by atoms with Gasteiger partial charge in [-0.2, -0.15) is 0 Å². The molecule has 96 heavy (non-hydrogen) atoms. The number of hydrogen-bond acceptors (Lipinski definition) is 15. The van der Waals surface area contributed by atoms with Gasteiger partial charge in [-0.1, -0.05) is 312 Å². The summed E-state index contributed by atoms with van der Waals surface area (Å²) in [6.45, 7) is 4.65. The molecule has 0 fully saturated rings. The topological polar surface area (TPSA) is 237 Å². The van der Waals surface area contributed by atoms with Crippen molar-refractivity contribution in [2.24, 2.45) is 0 Å². The Labute approximate surface area is 583 Å². The first kappa shape index (κ1) is 92.5. The highest BCUT2D eigenvalue weighted by molar-refractivity contribution is 7.47. The Morgan fingerprint density at radius 3 is 0.948 bits per heavy atom. The average Bonchev–Trinajstić information content (AvgIpc) is 1.09. The molecule has 5 atom stereocenters. The SMILES string of the molecule is CC/C=C\C/C=C\C/C=C\C/C=C\C/C=C\CC(=O)OCC(COP(=O)(O)OCC(O)COP(=O)(O)OCC(COC(=O)CCCCCCCCCCCCCCCCC)OC(=O)CCCCCCC/C=C\CCCC)OC(=O)CCCCCCCCCCCCCCCCC. The second kappa shape index (κ2) is 70.0. The van der Waals surface area contributed by atoms with Crippen LogP contribution in [0.4, 0.5) is 0 Å². The minimum absolute atomic E-state index is 0.0667. The number of phosphoric ester groups is 2. The van der Waals surface area contributed by atoms with Gasteiger partial charge in [-0.05, 0) is 70.6 Å². The fraction of sp³-hybridized carbons (Fsp3) is 0.792. The Balaban J connectivity index is 5.35. The zero-order valence-corrected chi connectivity index (χ0v) is 62.6. The molecule has 558 valence electrons. The highest BCUT2D eigenvalue weighted by atomic mass is 31.2. The first-order valence-electron chi connectivity index (χ1n) is 38.2. The van der Waals surface area contributed by atoms with E-state index in [0.29, 0.717) is 25.7 Å². The third kappa shape index (κ3) is 69.0. The van der Waals surface area contributed by atoms with Crippen LogP contribution in [0.25, 0.3) is 0 Å². The van der Waals surface area contributed by atoms with Crippen LogP contribution in [-0.2, 0) is 65.4 Å². The second-order valence-electron chi connectivity index (χ2n) is 25.6. The second-order valence-corrected chi connectivity index (χ2v) is 28.5. The van der Waals surface area contributed by atoms with Crippen molar-refractivity contribution in [3.05, 3.63) is 72.9 Å². The van der Waals surface area contributed by atoms with Crippen molar-refractivity contribution in [3.8, 4) is 0 Å². The van der Waals surface area contributed by atoms with Gasteiger partial charge in [0.25, 0.3) is 0 Å². The third-order valence-corrected chi connectivity index (χ3v) is 18.1. The summed E-state index contributed by atoms with van der Waals surface area (Å²) >= 11 is 0. The van der Waals surface area contributed by atoms with Crippen LogP contribution >= 0.6 is 15.6 Å². The molecule has 0 spiro atoms. The van der Waals surface area contributed by atoms with Crippen LogP contribution in [0.2, 0.25) is 0 Å². The van der Waals surface area contributed by atoms with Gasteiger partial charge in [-0.15, -0.1) is 0 Å². The van der Waals surface area contributed by atoms with Crippen LogP contribution in [0.15, 0.2) is 72.9 Å². The fourth-order valence-electron chi connectivity index (χ4n) is 10.4. The third-order valence-electron chi connectivity index (χ3n) is 16.2. The van der Waals surface area contributed by atoms with Crippen molar-refractivity contribution in [2.75, 3.05) is 39.6 Å². The molecule has 0 aliphatic carbocycles. The van der Waals surface area contributed by atoms with Gasteiger partial charge in [0.15, 0.2) is 12.2 Å². The van der Waals surface area contributed by atoms with Crippen molar-refractivity contribution in [1.29, 1.82) is 0 Å². The highest BCUT2D eigenvalue weighted by Crippen LogP contribution is 2.45. The van der Waals surface area contributed by atoms with E-state index >= 15 is 0 Å². The van der Waals surface area contributed by atoms with E-state index in [1.54, 1.807) is 6.08 Å². The van der Waals surface area contributed by atoms with E-state index in [-0.39, 0.29) is 25.7 Å². The zero-order chi connectivity index (χ0) is 70.4. The Morgan fingerprint density at radius 2 is 0.594 bits per heavy atom. The van der Waals surface area contributed by atoms with Gasteiger partial charge in [0.1, 0.15) is 19.3 Å². The molecule has 19 heteroatoms. The maximum Gasteiger partial charge on any atom is 0.472 e. The summed E-state index contributed by atoms with van der Waals surface area (Å²) in [6, 6.07) is 0. The summed E-state index contributed by atoms with van der Waals surface area (Å²) < 4.78 is 68.3. The molecule has 5 unspecified atom stereocenters. The number of aliphatic hydroxyl groups is 1. The normalized spacial score (nSPS) is 14.4. The van der Waals surface area contributed by atoms with Crippen LogP contribution < -0.4 is 0 Å². The van der Waals surface area contributed by atoms with E-state index in [1.165, 1.54) is 148 Å². The molecule has 0 saturated heterocycles. The molecule has 0 rings (SSSR count). The zero-order valence-electron chi connectivity index (χ0n) is 60.8. The van der Waals surface area contributed by atoms with Crippen molar-refractivity contribution < 1.29 is 80.2 Å². The van der Waals surface area contributed by atoms with Crippen LogP contribution in [0.5, 0.6) is 0 Å². The first-order chi connectivity index (χ1) is 46.7. The van der Waals surface area contributed by atoms with Crippen molar-refractivity contribution in [2.45, 2.75) is 354 Å². The maximum atomic E-state index is 13.1. The number of rotatable bonds is 72. The Hall–Kier alpha value is -3.50. The molecule has 0 aliphatic rings. The molecule has 17 nitrogen and oxygen atoms in total. The van der Waals surface area contributed by atoms with E-state index in [0.717, 1.165) is 109 Å². The Morgan fingerprint density at radius 1 is 0.312 bits per heavy atom. The summed E-state index contributed by atoms with van der Waals surface area (Å²) in [5, 5.41) is 10.6. The molecular weight excluding hydrogens is 1260 g/mol. The lowest BCUT2D eigenvalue weighted by Crippen LogP contribution is -2.30. The lowest BCUT2D eigenvalue weighted by molar-refractivity contribution is -0.161. The lowest BCUT2D eigenvalue weighted by atomic mass is 10.0. The Kier molecular flexibility index (Phi) is 67.4. The number of unbranched alkanes of at least 4 members (excludes halogenated alkanes) is 35. The van der Waals surface area contributed by atoms with Gasteiger partial charge >= 0.3 is 39.5 Å². The number of ether oxygens (including phenoxy) is 4. The molecule has 0 saturated carbocycles. The largest absolute Gasteiger partial charge is 0.472 e. The molecule has 0 aromatic rings. The number of carbonyl (C=O) groups excluding carboxylic acids is 4. The lowest BCUT2D eigenvalue weighted by Gasteiger charge is -2.21. The minimum Gasteiger partial charge on any atom is -0.462 e. The van der Waals surface area contributed by atoms with Gasteiger partial charge in [0.2, 0.25) is 0 Å². The van der Waals surface area contributed by atoms with E-state index in [2.05, 4.69) is 76.3 Å². The monoisotopic (exact) mass is 1400 g/mol. The Bertz CT molecular complexity index is 2110. The van der Waals surface area contributed by atoms with Crippen LogP contribution in [0.1, 0.15) is 336 Å².